The van der Waals surface area contributed by atoms with Gasteiger partial charge in [-0.25, -0.2) is 0 Å². The quantitative estimate of drug-likeness (QED) is 0.790. The van der Waals surface area contributed by atoms with E-state index in [9.17, 15) is 0 Å². The molecule has 1 aromatic carbocycles. The first kappa shape index (κ1) is 14.0. The highest BCUT2D eigenvalue weighted by Crippen LogP contribution is 2.23. The zero-order chi connectivity index (χ0) is 13.5. The van der Waals surface area contributed by atoms with Crippen LogP contribution in [0.1, 0.15) is 51.1 Å². The van der Waals surface area contributed by atoms with Crippen LogP contribution in [0.5, 0.6) is 0 Å². The molecule has 0 radical (unpaired) electrons. The van der Waals surface area contributed by atoms with E-state index in [0.717, 1.165) is 12.1 Å². The predicted octanol–water partition coefficient (Wildman–Crippen LogP) is 4.47. The number of unbranched alkanes of at least 4 members (excludes halogenated alkanes) is 1. The Morgan fingerprint density at radius 2 is 2.05 bits per heavy atom. The monoisotopic (exact) mass is 256 g/mol. The van der Waals surface area contributed by atoms with Crippen molar-refractivity contribution in [2.45, 2.75) is 45.6 Å². The predicted molar refractivity (Wildman–Crippen MR) is 82.3 cm³/mol. The molecule has 0 spiro atoms. The van der Waals surface area contributed by atoms with Crippen molar-refractivity contribution in [3.05, 3.63) is 42.1 Å². The Morgan fingerprint density at radius 3 is 2.84 bits per heavy atom. The second kappa shape index (κ2) is 7.25. The number of fused-ring (bicyclic) bond motifs is 1. The molecule has 2 nitrogen and oxygen atoms in total. The fraction of sp³-hybridized carbons (Fsp3) is 0.471. The van der Waals surface area contributed by atoms with Gasteiger partial charge >= 0.3 is 0 Å². The highest BCUT2D eigenvalue weighted by Gasteiger charge is 2.10. The van der Waals surface area contributed by atoms with Crippen molar-refractivity contribution in [1.82, 2.24) is 10.3 Å². The molecule has 1 unspecified atom stereocenters. The molecule has 0 fully saturated rings. The summed E-state index contributed by atoms with van der Waals surface area (Å²) in [6, 6.07) is 11.3. The molecule has 1 N–H and O–H groups in total. The number of pyridine rings is 1. The van der Waals surface area contributed by atoms with Gasteiger partial charge in [-0.05, 0) is 43.1 Å². The zero-order valence-corrected chi connectivity index (χ0v) is 12.0. The van der Waals surface area contributed by atoms with Gasteiger partial charge in [0.05, 0.1) is 5.52 Å². The van der Waals surface area contributed by atoms with E-state index < -0.39 is 0 Å². The van der Waals surface area contributed by atoms with Gasteiger partial charge in [0, 0.05) is 17.6 Å². The van der Waals surface area contributed by atoms with Gasteiger partial charge in [0.1, 0.15) is 0 Å². The Hall–Kier alpha value is -1.41. The lowest BCUT2D eigenvalue weighted by atomic mass is 9.99. The van der Waals surface area contributed by atoms with Gasteiger partial charge in [-0.2, -0.15) is 0 Å². The minimum atomic E-state index is 0.476. The number of rotatable bonds is 7. The Kier molecular flexibility index (Phi) is 5.34. The highest BCUT2D eigenvalue weighted by molar-refractivity contribution is 5.79. The molecule has 2 rings (SSSR count). The third kappa shape index (κ3) is 3.77. The Balaban J connectivity index is 2.21. The van der Waals surface area contributed by atoms with Crippen LogP contribution in [-0.4, -0.2) is 11.5 Å². The molecule has 0 saturated heterocycles. The Bertz CT molecular complexity index is 499. The maximum atomic E-state index is 4.39. The van der Waals surface area contributed by atoms with Crippen molar-refractivity contribution in [3.8, 4) is 0 Å². The van der Waals surface area contributed by atoms with Crippen LogP contribution in [0.15, 0.2) is 36.5 Å². The first-order chi connectivity index (χ1) is 9.35. The van der Waals surface area contributed by atoms with Gasteiger partial charge in [-0.3, -0.25) is 4.98 Å². The van der Waals surface area contributed by atoms with Crippen LogP contribution < -0.4 is 5.32 Å². The number of nitrogens with zero attached hydrogens (tertiary/aromatic N) is 1. The van der Waals surface area contributed by atoms with Crippen molar-refractivity contribution >= 4 is 10.9 Å². The fourth-order valence-electron chi connectivity index (χ4n) is 2.42. The van der Waals surface area contributed by atoms with Gasteiger partial charge in [0.2, 0.25) is 0 Å². The summed E-state index contributed by atoms with van der Waals surface area (Å²) in [5.74, 6) is 0. The van der Waals surface area contributed by atoms with Gasteiger partial charge in [-0.15, -0.1) is 0 Å². The zero-order valence-electron chi connectivity index (χ0n) is 12.0. The molecular weight excluding hydrogens is 232 g/mol. The van der Waals surface area contributed by atoms with Crippen LogP contribution >= 0.6 is 0 Å². The summed E-state index contributed by atoms with van der Waals surface area (Å²) in [5, 5.41) is 4.90. The van der Waals surface area contributed by atoms with E-state index in [-0.39, 0.29) is 0 Å². The van der Waals surface area contributed by atoms with Gasteiger partial charge in [0.25, 0.3) is 0 Å². The third-order valence-corrected chi connectivity index (χ3v) is 3.52. The summed E-state index contributed by atoms with van der Waals surface area (Å²) in [4.78, 5) is 4.39. The summed E-state index contributed by atoms with van der Waals surface area (Å²) in [7, 11) is 0. The number of hydrogen-bond donors (Lipinski definition) is 1. The van der Waals surface area contributed by atoms with Crippen LogP contribution in [0.2, 0.25) is 0 Å². The van der Waals surface area contributed by atoms with E-state index >= 15 is 0 Å². The van der Waals surface area contributed by atoms with E-state index in [4.69, 9.17) is 0 Å². The second-order valence-electron chi connectivity index (χ2n) is 5.10. The van der Waals surface area contributed by atoms with Crippen molar-refractivity contribution in [2.75, 3.05) is 6.54 Å². The molecule has 0 aliphatic rings. The molecule has 2 heteroatoms. The molecule has 0 aliphatic carbocycles. The molecule has 1 aromatic heterocycles. The van der Waals surface area contributed by atoms with Gasteiger partial charge in [0.15, 0.2) is 0 Å². The fourth-order valence-corrected chi connectivity index (χ4v) is 2.42. The van der Waals surface area contributed by atoms with Crippen molar-refractivity contribution < 1.29 is 0 Å². The molecular formula is C17H24N2. The SMILES string of the molecule is CCCCC(NCCC)c1ccc2ncccc2c1. The topological polar surface area (TPSA) is 24.9 Å². The molecule has 1 heterocycles. The summed E-state index contributed by atoms with van der Waals surface area (Å²) in [5.41, 5.74) is 2.47. The van der Waals surface area contributed by atoms with Crippen molar-refractivity contribution in [1.29, 1.82) is 0 Å². The minimum absolute atomic E-state index is 0.476. The number of hydrogen-bond acceptors (Lipinski definition) is 2. The lowest BCUT2D eigenvalue weighted by molar-refractivity contribution is 0.482. The van der Waals surface area contributed by atoms with Crippen LogP contribution in [0, 0.1) is 0 Å². The van der Waals surface area contributed by atoms with Gasteiger partial charge < -0.3 is 5.32 Å². The molecule has 1 atom stereocenters. The average Bonchev–Trinajstić information content (AvgIpc) is 2.47. The normalized spacial score (nSPS) is 12.7. The molecule has 0 saturated carbocycles. The Labute approximate surface area is 116 Å². The van der Waals surface area contributed by atoms with Crippen LogP contribution in [-0.2, 0) is 0 Å². The summed E-state index contributed by atoms with van der Waals surface area (Å²) in [6.07, 6.45) is 6.76. The van der Waals surface area contributed by atoms with Crippen LogP contribution in [0.4, 0.5) is 0 Å². The molecule has 0 amide bonds. The largest absolute Gasteiger partial charge is 0.310 e. The standard InChI is InChI=1S/C17H24N2/c1-3-5-8-16(18-11-4-2)15-9-10-17-14(13-15)7-6-12-19-17/h6-7,9-10,12-13,16,18H,3-5,8,11H2,1-2H3. The molecule has 0 aliphatic heterocycles. The smallest absolute Gasteiger partial charge is 0.0702 e. The van der Waals surface area contributed by atoms with Crippen molar-refractivity contribution in [3.63, 3.8) is 0 Å². The summed E-state index contributed by atoms with van der Waals surface area (Å²) < 4.78 is 0. The molecule has 0 bridgehead atoms. The molecule has 2 aromatic rings. The summed E-state index contributed by atoms with van der Waals surface area (Å²) in [6.45, 7) is 5.55. The first-order valence-corrected chi connectivity index (χ1v) is 7.43. The van der Waals surface area contributed by atoms with E-state index in [1.807, 2.05) is 12.3 Å². The van der Waals surface area contributed by atoms with E-state index in [1.165, 1.54) is 36.6 Å². The van der Waals surface area contributed by atoms with Crippen molar-refractivity contribution in [2.24, 2.45) is 0 Å². The van der Waals surface area contributed by atoms with E-state index in [1.54, 1.807) is 0 Å². The van der Waals surface area contributed by atoms with E-state index in [0.29, 0.717) is 6.04 Å². The Morgan fingerprint density at radius 1 is 1.16 bits per heavy atom. The number of nitrogens with one attached hydrogen (secondary N) is 1. The number of benzene rings is 1. The molecule has 19 heavy (non-hydrogen) atoms. The maximum absolute atomic E-state index is 4.39. The lowest BCUT2D eigenvalue weighted by Gasteiger charge is -2.19. The number of aromatic nitrogens is 1. The molecule has 102 valence electrons. The van der Waals surface area contributed by atoms with Crippen LogP contribution in [0.3, 0.4) is 0 Å². The maximum Gasteiger partial charge on any atom is 0.0702 e. The average molecular weight is 256 g/mol. The second-order valence-corrected chi connectivity index (χ2v) is 5.10. The van der Waals surface area contributed by atoms with Gasteiger partial charge in [-0.1, -0.05) is 38.8 Å². The third-order valence-electron chi connectivity index (χ3n) is 3.52. The minimum Gasteiger partial charge on any atom is -0.310 e. The van der Waals surface area contributed by atoms with Crippen LogP contribution in [0.25, 0.3) is 10.9 Å². The van der Waals surface area contributed by atoms with E-state index in [2.05, 4.69) is 48.4 Å². The lowest BCUT2D eigenvalue weighted by Crippen LogP contribution is -2.22. The first-order valence-electron chi connectivity index (χ1n) is 7.43. The highest BCUT2D eigenvalue weighted by atomic mass is 14.9. The summed E-state index contributed by atoms with van der Waals surface area (Å²) >= 11 is 0.